The second kappa shape index (κ2) is 4.99. The summed E-state index contributed by atoms with van der Waals surface area (Å²) in [6.45, 7) is 5.99. The third-order valence-corrected chi connectivity index (χ3v) is 3.98. The Hall–Kier alpha value is -0.0400. The van der Waals surface area contributed by atoms with Crippen LogP contribution in [0.2, 0.25) is 0 Å². The molecule has 1 atom stereocenters. The smallest absolute Gasteiger partial charge is 0.000471 e. The Labute approximate surface area is 83.3 Å². The summed E-state index contributed by atoms with van der Waals surface area (Å²) in [5, 5.41) is 3.36. The third-order valence-electron chi connectivity index (χ3n) is 3.98. The van der Waals surface area contributed by atoms with Crippen molar-refractivity contribution in [1.29, 1.82) is 0 Å². The van der Waals surface area contributed by atoms with Crippen molar-refractivity contribution in [3.05, 3.63) is 0 Å². The van der Waals surface area contributed by atoms with Gasteiger partial charge in [0.1, 0.15) is 0 Å². The average molecular weight is 183 g/mol. The zero-order valence-electron chi connectivity index (χ0n) is 9.53. The van der Waals surface area contributed by atoms with Gasteiger partial charge in [-0.3, -0.25) is 0 Å². The normalized spacial score (nSPS) is 24.2. The zero-order valence-corrected chi connectivity index (χ0v) is 9.53. The highest BCUT2D eigenvalue weighted by Crippen LogP contribution is 2.40. The van der Waals surface area contributed by atoms with Gasteiger partial charge in [-0.1, -0.05) is 33.1 Å². The van der Waals surface area contributed by atoms with E-state index in [-0.39, 0.29) is 0 Å². The molecular weight excluding hydrogens is 158 g/mol. The fraction of sp³-hybridized carbons (Fsp3) is 1.00. The lowest BCUT2D eigenvalue weighted by Gasteiger charge is -2.39. The van der Waals surface area contributed by atoms with Crippen LogP contribution in [0.3, 0.4) is 0 Å². The molecule has 1 saturated carbocycles. The van der Waals surface area contributed by atoms with Crippen LogP contribution in [-0.4, -0.2) is 13.6 Å². The Morgan fingerprint density at radius 2 is 1.85 bits per heavy atom. The summed E-state index contributed by atoms with van der Waals surface area (Å²) in [7, 11) is 2.08. The van der Waals surface area contributed by atoms with E-state index in [1.807, 2.05) is 0 Å². The van der Waals surface area contributed by atoms with Gasteiger partial charge in [-0.25, -0.2) is 0 Å². The predicted molar refractivity (Wildman–Crippen MR) is 58.9 cm³/mol. The standard InChI is InChI=1S/C12H25N/c1-4-12(2,10-13-3)11-8-6-5-7-9-11/h11,13H,4-10H2,1-3H3. The Bertz CT molecular complexity index is 138. The predicted octanol–water partition coefficient (Wildman–Crippen LogP) is 3.20. The molecule has 1 fully saturated rings. The summed E-state index contributed by atoms with van der Waals surface area (Å²) in [5.41, 5.74) is 0.551. The molecule has 0 aromatic heterocycles. The van der Waals surface area contributed by atoms with Gasteiger partial charge < -0.3 is 5.32 Å². The molecule has 0 saturated heterocycles. The lowest BCUT2D eigenvalue weighted by Crippen LogP contribution is -2.37. The fourth-order valence-corrected chi connectivity index (χ4v) is 2.76. The first-order chi connectivity index (χ1) is 6.23. The van der Waals surface area contributed by atoms with Crippen LogP contribution in [0, 0.1) is 11.3 Å². The van der Waals surface area contributed by atoms with Crippen molar-refractivity contribution >= 4 is 0 Å². The van der Waals surface area contributed by atoms with Crippen LogP contribution in [0.4, 0.5) is 0 Å². The maximum Gasteiger partial charge on any atom is 0.000471 e. The van der Waals surface area contributed by atoms with Crippen LogP contribution in [-0.2, 0) is 0 Å². The number of hydrogen-bond acceptors (Lipinski definition) is 1. The van der Waals surface area contributed by atoms with Crippen molar-refractivity contribution in [2.45, 2.75) is 52.4 Å². The van der Waals surface area contributed by atoms with Crippen molar-refractivity contribution in [3.63, 3.8) is 0 Å². The van der Waals surface area contributed by atoms with E-state index in [1.165, 1.54) is 45.1 Å². The SMILES string of the molecule is CCC(C)(CNC)C1CCCCC1. The molecule has 0 bridgehead atoms. The van der Waals surface area contributed by atoms with Gasteiger partial charge in [0.2, 0.25) is 0 Å². The van der Waals surface area contributed by atoms with Gasteiger partial charge in [-0.15, -0.1) is 0 Å². The summed E-state index contributed by atoms with van der Waals surface area (Å²) < 4.78 is 0. The summed E-state index contributed by atoms with van der Waals surface area (Å²) >= 11 is 0. The van der Waals surface area contributed by atoms with Crippen molar-refractivity contribution in [3.8, 4) is 0 Å². The van der Waals surface area contributed by atoms with Crippen LogP contribution >= 0.6 is 0 Å². The Kier molecular flexibility index (Phi) is 4.24. The molecule has 1 rings (SSSR count). The quantitative estimate of drug-likeness (QED) is 0.705. The maximum absolute atomic E-state index is 3.36. The van der Waals surface area contributed by atoms with E-state index < -0.39 is 0 Å². The monoisotopic (exact) mass is 183 g/mol. The van der Waals surface area contributed by atoms with E-state index in [0.717, 1.165) is 5.92 Å². The number of nitrogens with one attached hydrogen (secondary N) is 1. The molecule has 0 aromatic rings. The van der Waals surface area contributed by atoms with Crippen LogP contribution < -0.4 is 5.32 Å². The topological polar surface area (TPSA) is 12.0 Å². The van der Waals surface area contributed by atoms with Crippen LogP contribution in [0.15, 0.2) is 0 Å². The highest BCUT2D eigenvalue weighted by atomic mass is 14.8. The first kappa shape index (κ1) is 11.0. The molecule has 13 heavy (non-hydrogen) atoms. The molecule has 1 nitrogen and oxygen atoms in total. The van der Waals surface area contributed by atoms with Crippen LogP contribution in [0.1, 0.15) is 52.4 Å². The lowest BCUT2D eigenvalue weighted by molar-refractivity contribution is 0.131. The molecule has 0 radical (unpaired) electrons. The molecule has 1 aliphatic carbocycles. The van der Waals surface area contributed by atoms with Gasteiger partial charge >= 0.3 is 0 Å². The average Bonchev–Trinajstić information content (AvgIpc) is 2.19. The van der Waals surface area contributed by atoms with E-state index in [1.54, 1.807) is 0 Å². The molecule has 78 valence electrons. The molecule has 1 aliphatic rings. The van der Waals surface area contributed by atoms with Gasteiger partial charge in [0.05, 0.1) is 0 Å². The maximum atomic E-state index is 3.36. The highest BCUT2D eigenvalue weighted by Gasteiger charge is 2.32. The van der Waals surface area contributed by atoms with Crippen LogP contribution in [0.25, 0.3) is 0 Å². The molecule has 1 N–H and O–H groups in total. The highest BCUT2D eigenvalue weighted by molar-refractivity contribution is 4.84. The van der Waals surface area contributed by atoms with Gasteiger partial charge in [0, 0.05) is 6.54 Å². The van der Waals surface area contributed by atoms with E-state index in [4.69, 9.17) is 0 Å². The van der Waals surface area contributed by atoms with Crippen molar-refractivity contribution in [2.24, 2.45) is 11.3 Å². The summed E-state index contributed by atoms with van der Waals surface area (Å²) in [6.07, 6.45) is 8.64. The first-order valence-corrected chi connectivity index (χ1v) is 5.87. The zero-order chi connectivity index (χ0) is 9.73. The van der Waals surface area contributed by atoms with Crippen molar-refractivity contribution in [2.75, 3.05) is 13.6 Å². The lowest BCUT2D eigenvalue weighted by atomic mass is 9.68. The molecule has 1 unspecified atom stereocenters. The fourth-order valence-electron chi connectivity index (χ4n) is 2.76. The Morgan fingerprint density at radius 3 is 2.31 bits per heavy atom. The van der Waals surface area contributed by atoms with Crippen molar-refractivity contribution < 1.29 is 0 Å². The second-order valence-corrected chi connectivity index (χ2v) is 4.87. The van der Waals surface area contributed by atoms with Gasteiger partial charge in [-0.2, -0.15) is 0 Å². The molecule has 0 aromatic carbocycles. The summed E-state index contributed by atoms with van der Waals surface area (Å²) in [6, 6.07) is 0. The number of hydrogen-bond donors (Lipinski definition) is 1. The first-order valence-electron chi connectivity index (χ1n) is 5.87. The molecule has 0 heterocycles. The van der Waals surface area contributed by atoms with Gasteiger partial charge in [0.25, 0.3) is 0 Å². The third kappa shape index (κ3) is 2.70. The minimum absolute atomic E-state index is 0.551. The van der Waals surface area contributed by atoms with E-state index >= 15 is 0 Å². The molecule has 0 spiro atoms. The minimum Gasteiger partial charge on any atom is -0.319 e. The number of rotatable bonds is 4. The Morgan fingerprint density at radius 1 is 1.23 bits per heavy atom. The minimum atomic E-state index is 0.551. The molecular formula is C12H25N. The van der Waals surface area contributed by atoms with E-state index in [9.17, 15) is 0 Å². The molecule has 0 amide bonds. The van der Waals surface area contributed by atoms with Crippen LogP contribution in [0.5, 0.6) is 0 Å². The molecule has 1 heteroatoms. The summed E-state index contributed by atoms with van der Waals surface area (Å²) in [4.78, 5) is 0. The van der Waals surface area contributed by atoms with Gasteiger partial charge in [-0.05, 0) is 37.6 Å². The van der Waals surface area contributed by atoms with Gasteiger partial charge in [0.15, 0.2) is 0 Å². The van der Waals surface area contributed by atoms with Crippen molar-refractivity contribution in [1.82, 2.24) is 5.32 Å². The largest absolute Gasteiger partial charge is 0.319 e. The Balaban J connectivity index is 2.51. The molecule has 0 aliphatic heterocycles. The van der Waals surface area contributed by atoms with E-state index in [0.29, 0.717) is 5.41 Å². The summed E-state index contributed by atoms with van der Waals surface area (Å²) in [5.74, 6) is 0.971. The second-order valence-electron chi connectivity index (χ2n) is 4.87. The van der Waals surface area contributed by atoms with E-state index in [2.05, 4.69) is 26.2 Å².